The first kappa shape index (κ1) is 14.3. The molecule has 0 aliphatic rings. The lowest BCUT2D eigenvalue weighted by molar-refractivity contribution is 0.602. The summed E-state index contributed by atoms with van der Waals surface area (Å²) in [7, 11) is -3.18. The third-order valence-corrected chi connectivity index (χ3v) is 4.87. The maximum Gasteiger partial charge on any atom is 0.175 e. The molecule has 0 saturated heterocycles. The lowest BCUT2D eigenvalue weighted by Crippen LogP contribution is -2.00. The van der Waals surface area contributed by atoms with Crippen molar-refractivity contribution in [2.45, 2.75) is 11.4 Å². The minimum Gasteiger partial charge on any atom is -0.341 e. The van der Waals surface area contributed by atoms with Crippen LogP contribution in [0.1, 0.15) is 5.69 Å². The number of sulfone groups is 1. The molecule has 0 aliphatic carbocycles. The van der Waals surface area contributed by atoms with Gasteiger partial charge in [0.25, 0.3) is 0 Å². The van der Waals surface area contributed by atoms with E-state index in [1.165, 1.54) is 6.26 Å². The Bertz CT molecular complexity index is 899. The second-order valence-electron chi connectivity index (χ2n) is 4.90. The highest BCUT2D eigenvalue weighted by Crippen LogP contribution is 2.21. The summed E-state index contributed by atoms with van der Waals surface area (Å²) in [5, 5.41) is 0.912. The van der Waals surface area contributed by atoms with E-state index < -0.39 is 9.84 Å². The SMILES string of the molecule is CS(=O)(=O)c1ccc2c(ccn2Cc2ccc(Br)cn2)c1. The number of hydrogen-bond donors (Lipinski definition) is 0. The summed E-state index contributed by atoms with van der Waals surface area (Å²) in [6, 6.07) is 11.0. The largest absolute Gasteiger partial charge is 0.341 e. The van der Waals surface area contributed by atoms with Gasteiger partial charge in [0.05, 0.1) is 17.1 Å². The molecular formula is C15H13BrN2O2S. The van der Waals surface area contributed by atoms with Crippen LogP contribution in [-0.2, 0) is 16.4 Å². The van der Waals surface area contributed by atoms with E-state index in [1.54, 1.807) is 18.3 Å². The van der Waals surface area contributed by atoms with Crippen molar-refractivity contribution in [3.8, 4) is 0 Å². The fourth-order valence-electron chi connectivity index (χ4n) is 2.22. The Labute approximate surface area is 131 Å². The van der Waals surface area contributed by atoms with E-state index in [0.29, 0.717) is 11.4 Å². The van der Waals surface area contributed by atoms with Crippen LogP contribution in [0.4, 0.5) is 0 Å². The number of halogens is 1. The van der Waals surface area contributed by atoms with Gasteiger partial charge < -0.3 is 4.57 Å². The second-order valence-corrected chi connectivity index (χ2v) is 7.84. The van der Waals surface area contributed by atoms with E-state index in [2.05, 4.69) is 25.5 Å². The van der Waals surface area contributed by atoms with Crippen LogP contribution in [0, 0.1) is 0 Å². The molecule has 3 rings (SSSR count). The molecule has 6 heteroatoms. The Morgan fingerprint density at radius 2 is 2.00 bits per heavy atom. The molecule has 0 fully saturated rings. The second kappa shape index (κ2) is 5.27. The van der Waals surface area contributed by atoms with E-state index in [9.17, 15) is 8.42 Å². The van der Waals surface area contributed by atoms with Gasteiger partial charge in [0.2, 0.25) is 0 Å². The van der Waals surface area contributed by atoms with Crippen molar-refractivity contribution in [2.24, 2.45) is 0 Å². The third kappa shape index (κ3) is 3.01. The molecule has 4 nitrogen and oxygen atoms in total. The maximum absolute atomic E-state index is 11.6. The number of pyridine rings is 1. The minimum atomic E-state index is -3.18. The van der Waals surface area contributed by atoms with Crippen LogP contribution in [0.3, 0.4) is 0 Å². The normalized spacial score (nSPS) is 11.9. The van der Waals surface area contributed by atoms with E-state index in [4.69, 9.17) is 0 Å². The fraction of sp³-hybridized carbons (Fsp3) is 0.133. The Balaban J connectivity index is 1.99. The number of benzene rings is 1. The van der Waals surface area contributed by atoms with Gasteiger partial charge in [-0.15, -0.1) is 0 Å². The van der Waals surface area contributed by atoms with Crippen molar-refractivity contribution < 1.29 is 8.42 Å². The molecule has 0 radical (unpaired) electrons. The molecule has 0 saturated carbocycles. The molecule has 21 heavy (non-hydrogen) atoms. The van der Waals surface area contributed by atoms with Gasteiger partial charge in [0, 0.05) is 34.0 Å². The number of nitrogens with zero attached hydrogens (tertiary/aromatic N) is 2. The smallest absolute Gasteiger partial charge is 0.175 e. The van der Waals surface area contributed by atoms with E-state index in [-0.39, 0.29) is 0 Å². The van der Waals surface area contributed by atoms with Crippen molar-refractivity contribution in [2.75, 3.05) is 6.26 Å². The van der Waals surface area contributed by atoms with Crippen molar-refractivity contribution in [1.82, 2.24) is 9.55 Å². The van der Waals surface area contributed by atoms with Gasteiger partial charge in [-0.1, -0.05) is 0 Å². The summed E-state index contributed by atoms with van der Waals surface area (Å²) >= 11 is 3.36. The zero-order valence-corrected chi connectivity index (χ0v) is 13.7. The molecule has 0 atom stereocenters. The van der Waals surface area contributed by atoms with Crippen LogP contribution in [0.25, 0.3) is 10.9 Å². The lowest BCUT2D eigenvalue weighted by atomic mass is 10.2. The van der Waals surface area contributed by atoms with Gasteiger partial charge in [0.1, 0.15) is 0 Å². The van der Waals surface area contributed by atoms with Gasteiger partial charge in [-0.25, -0.2) is 8.42 Å². The van der Waals surface area contributed by atoms with Crippen LogP contribution in [0.5, 0.6) is 0 Å². The molecule has 2 aromatic heterocycles. The first-order valence-corrected chi connectivity index (χ1v) is 9.01. The first-order chi connectivity index (χ1) is 9.93. The third-order valence-electron chi connectivity index (χ3n) is 3.29. The monoisotopic (exact) mass is 364 g/mol. The van der Waals surface area contributed by atoms with Crippen molar-refractivity contribution >= 4 is 36.7 Å². The highest BCUT2D eigenvalue weighted by atomic mass is 79.9. The van der Waals surface area contributed by atoms with E-state index >= 15 is 0 Å². The van der Waals surface area contributed by atoms with Gasteiger partial charge in [0.15, 0.2) is 9.84 Å². The highest BCUT2D eigenvalue weighted by Gasteiger charge is 2.09. The Morgan fingerprint density at radius 3 is 2.67 bits per heavy atom. The molecule has 0 N–H and O–H groups in total. The maximum atomic E-state index is 11.6. The summed E-state index contributed by atoms with van der Waals surface area (Å²) in [5.74, 6) is 0. The summed E-state index contributed by atoms with van der Waals surface area (Å²) in [5.41, 5.74) is 1.94. The van der Waals surface area contributed by atoms with Crippen LogP contribution in [0.2, 0.25) is 0 Å². The van der Waals surface area contributed by atoms with E-state index in [0.717, 1.165) is 21.1 Å². The molecule has 0 spiro atoms. The number of fused-ring (bicyclic) bond motifs is 1. The molecule has 108 valence electrons. The van der Waals surface area contributed by atoms with Gasteiger partial charge in [-0.05, 0) is 52.3 Å². The average Bonchev–Trinajstić information content (AvgIpc) is 2.83. The zero-order valence-electron chi connectivity index (χ0n) is 11.3. The first-order valence-electron chi connectivity index (χ1n) is 6.33. The number of rotatable bonds is 3. The quantitative estimate of drug-likeness (QED) is 0.716. The fourth-order valence-corrected chi connectivity index (χ4v) is 3.11. The van der Waals surface area contributed by atoms with Crippen LogP contribution in [0.15, 0.2) is 58.2 Å². The summed E-state index contributed by atoms with van der Waals surface area (Å²) in [6.45, 7) is 0.648. The Kier molecular flexibility index (Phi) is 3.59. The number of aromatic nitrogens is 2. The Morgan fingerprint density at radius 1 is 1.19 bits per heavy atom. The minimum absolute atomic E-state index is 0.342. The Hall–Kier alpha value is -1.66. The molecular weight excluding hydrogens is 352 g/mol. The van der Waals surface area contributed by atoms with Crippen LogP contribution < -0.4 is 0 Å². The van der Waals surface area contributed by atoms with Crippen molar-refractivity contribution in [3.05, 3.63) is 59.0 Å². The molecule has 3 aromatic rings. The predicted octanol–water partition coefficient (Wildman–Crippen LogP) is 3.25. The summed E-state index contributed by atoms with van der Waals surface area (Å²) in [4.78, 5) is 4.70. The molecule has 0 unspecified atom stereocenters. The highest BCUT2D eigenvalue weighted by molar-refractivity contribution is 9.10. The van der Waals surface area contributed by atoms with Gasteiger partial charge >= 0.3 is 0 Å². The molecule has 0 amide bonds. The topological polar surface area (TPSA) is 52.0 Å². The molecule has 0 bridgehead atoms. The van der Waals surface area contributed by atoms with Gasteiger partial charge in [-0.2, -0.15) is 0 Å². The summed E-state index contributed by atoms with van der Waals surface area (Å²) in [6.07, 6.45) is 4.93. The van der Waals surface area contributed by atoms with Crippen LogP contribution in [-0.4, -0.2) is 24.2 Å². The summed E-state index contributed by atoms with van der Waals surface area (Å²) < 4.78 is 26.2. The molecule has 0 aliphatic heterocycles. The van der Waals surface area contributed by atoms with Gasteiger partial charge in [-0.3, -0.25) is 4.98 Å². The molecule has 2 heterocycles. The van der Waals surface area contributed by atoms with Crippen molar-refractivity contribution in [3.63, 3.8) is 0 Å². The zero-order chi connectivity index (χ0) is 15.0. The van der Waals surface area contributed by atoms with Crippen molar-refractivity contribution in [1.29, 1.82) is 0 Å². The molecule has 1 aromatic carbocycles. The standard InChI is InChI=1S/C15H13BrN2O2S/c1-21(19,20)14-4-5-15-11(8-14)6-7-18(15)10-13-3-2-12(16)9-17-13/h2-9H,10H2,1H3. The van der Waals surface area contributed by atoms with Crippen LogP contribution >= 0.6 is 15.9 Å². The number of hydrogen-bond acceptors (Lipinski definition) is 3. The average molecular weight is 365 g/mol. The van der Waals surface area contributed by atoms with E-state index in [1.807, 2.05) is 30.5 Å². The lowest BCUT2D eigenvalue weighted by Gasteiger charge is -2.06. The predicted molar refractivity (Wildman–Crippen MR) is 86.1 cm³/mol.